The lowest BCUT2D eigenvalue weighted by molar-refractivity contribution is -0.175. The van der Waals surface area contributed by atoms with Crippen molar-refractivity contribution in [2.75, 3.05) is 19.8 Å². The van der Waals surface area contributed by atoms with Gasteiger partial charge in [0.25, 0.3) is 0 Å². The Morgan fingerprint density at radius 1 is 1.15 bits per heavy atom. The average molecular weight is 300 g/mol. The summed E-state index contributed by atoms with van der Waals surface area (Å²) in [6.45, 7) is -2.55. The van der Waals surface area contributed by atoms with Crippen LogP contribution < -0.4 is 4.74 Å². The van der Waals surface area contributed by atoms with Gasteiger partial charge >= 0.3 is 12.1 Å². The van der Waals surface area contributed by atoms with Gasteiger partial charge in [-0.1, -0.05) is 0 Å². The zero-order chi connectivity index (χ0) is 15.3. The maximum Gasteiger partial charge on any atom is 0.411 e. The molecular formula is C11H9F5O4. The molecular weight excluding hydrogens is 291 g/mol. The van der Waals surface area contributed by atoms with Crippen LogP contribution in [-0.4, -0.2) is 37.1 Å². The molecule has 20 heavy (non-hydrogen) atoms. The van der Waals surface area contributed by atoms with Crippen LogP contribution in [0.5, 0.6) is 5.75 Å². The fourth-order valence-electron chi connectivity index (χ4n) is 1.21. The van der Waals surface area contributed by atoms with E-state index in [1.165, 1.54) is 0 Å². The van der Waals surface area contributed by atoms with E-state index in [9.17, 15) is 26.7 Å². The molecule has 1 aromatic carbocycles. The smallest absolute Gasteiger partial charge is 0.411 e. The van der Waals surface area contributed by atoms with Gasteiger partial charge in [-0.15, -0.1) is 0 Å². The molecule has 0 unspecified atom stereocenters. The molecule has 0 aliphatic heterocycles. The van der Waals surface area contributed by atoms with E-state index >= 15 is 0 Å². The molecule has 0 aliphatic carbocycles. The highest BCUT2D eigenvalue weighted by atomic mass is 19.4. The third-order valence-corrected chi connectivity index (χ3v) is 1.99. The minimum absolute atomic E-state index is 0.518. The van der Waals surface area contributed by atoms with Crippen LogP contribution in [0.4, 0.5) is 22.0 Å². The standard InChI is InChI=1S/C11H9F5O4/c12-7-3-6(10(17)18)4-8(13)9(7)20-2-1-19-5-11(14,15)16/h3-4H,1-2,5H2,(H,17,18). The summed E-state index contributed by atoms with van der Waals surface area (Å²) < 4.78 is 70.5. The van der Waals surface area contributed by atoms with E-state index in [2.05, 4.69) is 9.47 Å². The summed E-state index contributed by atoms with van der Waals surface area (Å²) in [6, 6.07) is 1.08. The van der Waals surface area contributed by atoms with Gasteiger partial charge in [0.2, 0.25) is 0 Å². The normalized spacial score (nSPS) is 11.4. The summed E-state index contributed by atoms with van der Waals surface area (Å²) in [4.78, 5) is 10.5. The van der Waals surface area contributed by atoms with Crippen molar-refractivity contribution < 1.29 is 41.3 Å². The van der Waals surface area contributed by atoms with E-state index < -0.39 is 54.9 Å². The lowest BCUT2D eigenvalue weighted by atomic mass is 10.2. The van der Waals surface area contributed by atoms with E-state index in [4.69, 9.17) is 5.11 Å². The Kier molecular flexibility index (Phi) is 5.26. The van der Waals surface area contributed by atoms with Crippen LogP contribution in [0.1, 0.15) is 10.4 Å². The van der Waals surface area contributed by atoms with Gasteiger partial charge in [-0.2, -0.15) is 13.2 Å². The molecule has 0 heterocycles. The average Bonchev–Trinajstić information content (AvgIpc) is 2.29. The van der Waals surface area contributed by atoms with E-state index in [-0.39, 0.29) is 0 Å². The van der Waals surface area contributed by atoms with E-state index in [1.807, 2.05) is 0 Å². The number of ether oxygens (including phenoxy) is 2. The predicted octanol–water partition coefficient (Wildman–Crippen LogP) is 2.62. The second-order valence-corrected chi connectivity index (χ2v) is 3.59. The highest BCUT2D eigenvalue weighted by molar-refractivity contribution is 5.87. The number of rotatable bonds is 6. The van der Waals surface area contributed by atoms with Gasteiger partial charge in [-0.25, -0.2) is 13.6 Å². The Morgan fingerprint density at radius 2 is 1.70 bits per heavy atom. The van der Waals surface area contributed by atoms with E-state index in [0.717, 1.165) is 0 Å². The zero-order valence-corrected chi connectivity index (χ0v) is 9.84. The maximum absolute atomic E-state index is 13.3. The molecule has 0 aromatic heterocycles. The molecule has 0 spiro atoms. The highest BCUT2D eigenvalue weighted by Crippen LogP contribution is 2.23. The van der Waals surface area contributed by atoms with Crippen LogP contribution in [0.3, 0.4) is 0 Å². The number of carboxylic acid groups (broad SMARTS) is 1. The lowest BCUT2D eigenvalue weighted by Crippen LogP contribution is -2.19. The van der Waals surface area contributed by atoms with Crippen molar-refractivity contribution in [1.82, 2.24) is 0 Å². The van der Waals surface area contributed by atoms with Crippen LogP contribution in [0, 0.1) is 11.6 Å². The molecule has 1 aromatic rings. The van der Waals surface area contributed by atoms with Gasteiger partial charge in [-0.05, 0) is 12.1 Å². The summed E-state index contributed by atoms with van der Waals surface area (Å²) in [7, 11) is 0. The summed E-state index contributed by atoms with van der Waals surface area (Å²) in [5.41, 5.74) is -0.610. The lowest BCUT2D eigenvalue weighted by Gasteiger charge is -2.10. The molecule has 0 bridgehead atoms. The summed E-state index contributed by atoms with van der Waals surface area (Å²) in [5.74, 6) is -4.93. The van der Waals surface area contributed by atoms with Gasteiger partial charge in [-0.3, -0.25) is 0 Å². The van der Waals surface area contributed by atoms with Crippen molar-refractivity contribution in [2.45, 2.75) is 6.18 Å². The molecule has 0 atom stereocenters. The molecule has 0 saturated heterocycles. The largest absolute Gasteiger partial charge is 0.485 e. The number of carboxylic acids is 1. The third kappa shape index (κ3) is 5.00. The second kappa shape index (κ2) is 6.51. The molecule has 0 radical (unpaired) electrons. The zero-order valence-electron chi connectivity index (χ0n) is 9.84. The predicted molar refractivity (Wildman–Crippen MR) is 55.7 cm³/mol. The number of carbonyl (C=O) groups is 1. The first-order chi connectivity index (χ1) is 9.20. The molecule has 9 heteroatoms. The first-order valence-corrected chi connectivity index (χ1v) is 5.20. The van der Waals surface area contributed by atoms with Crippen LogP contribution in [0.2, 0.25) is 0 Å². The molecule has 112 valence electrons. The number of hydrogen-bond donors (Lipinski definition) is 1. The monoisotopic (exact) mass is 300 g/mol. The van der Waals surface area contributed by atoms with Gasteiger partial charge in [0, 0.05) is 0 Å². The van der Waals surface area contributed by atoms with Gasteiger partial charge in [0.05, 0.1) is 12.2 Å². The Bertz CT molecular complexity index is 463. The number of alkyl halides is 3. The summed E-state index contributed by atoms with van der Waals surface area (Å²) >= 11 is 0. The second-order valence-electron chi connectivity index (χ2n) is 3.59. The molecule has 0 fully saturated rings. The van der Waals surface area contributed by atoms with Crippen molar-refractivity contribution in [3.8, 4) is 5.75 Å². The fourth-order valence-corrected chi connectivity index (χ4v) is 1.21. The summed E-state index contributed by atoms with van der Waals surface area (Å²) in [5, 5.41) is 8.55. The van der Waals surface area contributed by atoms with Crippen molar-refractivity contribution in [2.24, 2.45) is 0 Å². The Morgan fingerprint density at radius 3 is 2.15 bits per heavy atom. The topological polar surface area (TPSA) is 55.8 Å². The van der Waals surface area contributed by atoms with Crippen LogP contribution in [-0.2, 0) is 4.74 Å². The molecule has 0 amide bonds. The third-order valence-electron chi connectivity index (χ3n) is 1.99. The molecule has 0 aliphatic rings. The number of benzene rings is 1. The van der Waals surface area contributed by atoms with Gasteiger partial charge in [0.1, 0.15) is 13.2 Å². The summed E-state index contributed by atoms with van der Waals surface area (Å²) in [6.07, 6.45) is -4.50. The van der Waals surface area contributed by atoms with Crippen LogP contribution >= 0.6 is 0 Å². The SMILES string of the molecule is O=C(O)c1cc(F)c(OCCOCC(F)(F)F)c(F)c1. The van der Waals surface area contributed by atoms with Crippen molar-refractivity contribution in [1.29, 1.82) is 0 Å². The Balaban J connectivity index is 2.55. The minimum Gasteiger partial charge on any atom is -0.485 e. The van der Waals surface area contributed by atoms with E-state index in [0.29, 0.717) is 12.1 Å². The van der Waals surface area contributed by atoms with Gasteiger partial charge in [0.15, 0.2) is 17.4 Å². The number of halogens is 5. The van der Waals surface area contributed by atoms with Gasteiger partial charge < -0.3 is 14.6 Å². The first-order valence-electron chi connectivity index (χ1n) is 5.20. The van der Waals surface area contributed by atoms with E-state index in [1.54, 1.807) is 0 Å². The molecule has 1 rings (SSSR count). The van der Waals surface area contributed by atoms with Crippen molar-refractivity contribution in [3.05, 3.63) is 29.3 Å². The Labute approximate surface area is 109 Å². The highest BCUT2D eigenvalue weighted by Gasteiger charge is 2.27. The first kappa shape index (κ1) is 16.2. The van der Waals surface area contributed by atoms with Crippen molar-refractivity contribution >= 4 is 5.97 Å². The Hall–Kier alpha value is -1.90. The van der Waals surface area contributed by atoms with Crippen LogP contribution in [0.15, 0.2) is 12.1 Å². The number of hydrogen-bond acceptors (Lipinski definition) is 3. The molecule has 4 nitrogen and oxygen atoms in total. The fraction of sp³-hybridized carbons (Fsp3) is 0.364. The minimum atomic E-state index is -4.50. The molecule has 0 saturated carbocycles. The molecule has 1 N–H and O–H groups in total. The maximum atomic E-state index is 13.3. The van der Waals surface area contributed by atoms with Crippen molar-refractivity contribution in [3.63, 3.8) is 0 Å². The quantitative estimate of drug-likeness (QED) is 0.648. The number of aromatic carboxylic acids is 1. The van der Waals surface area contributed by atoms with Crippen LogP contribution in [0.25, 0.3) is 0 Å².